The van der Waals surface area contributed by atoms with Crippen LogP contribution < -0.4 is 15.8 Å². The monoisotopic (exact) mass is 238 g/mol. The van der Waals surface area contributed by atoms with Gasteiger partial charge in [0.2, 0.25) is 11.8 Å². The van der Waals surface area contributed by atoms with Crippen LogP contribution in [0.4, 0.5) is 5.95 Å². The van der Waals surface area contributed by atoms with E-state index in [1.807, 2.05) is 13.0 Å². The van der Waals surface area contributed by atoms with Crippen molar-refractivity contribution in [1.82, 2.24) is 9.97 Å². The third kappa shape index (κ3) is 4.56. The Morgan fingerprint density at radius 2 is 2.18 bits per heavy atom. The Labute approximate surface area is 103 Å². The summed E-state index contributed by atoms with van der Waals surface area (Å²) >= 11 is 0. The van der Waals surface area contributed by atoms with E-state index in [9.17, 15) is 0 Å². The van der Waals surface area contributed by atoms with E-state index in [0.29, 0.717) is 25.0 Å². The van der Waals surface area contributed by atoms with E-state index in [0.717, 1.165) is 18.5 Å². The summed E-state index contributed by atoms with van der Waals surface area (Å²) in [6.45, 7) is 7.31. The van der Waals surface area contributed by atoms with Gasteiger partial charge in [0.1, 0.15) is 0 Å². The number of aromatic nitrogens is 2. The van der Waals surface area contributed by atoms with Gasteiger partial charge in [0, 0.05) is 24.3 Å². The zero-order valence-electron chi connectivity index (χ0n) is 10.9. The Balaban J connectivity index is 2.74. The first-order valence-corrected chi connectivity index (χ1v) is 6.14. The standard InChI is InChI=1S/C12H22N4O/c1-4-6-17-11-7-9(3)14-12(16-11)15-10(5-2)8-13/h7,10H,4-6,8,13H2,1-3H3,(H,14,15,16). The van der Waals surface area contributed by atoms with Crippen LogP contribution in [0.3, 0.4) is 0 Å². The fourth-order valence-electron chi connectivity index (χ4n) is 1.40. The molecule has 5 nitrogen and oxygen atoms in total. The van der Waals surface area contributed by atoms with E-state index in [-0.39, 0.29) is 6.04 Å². The van der Waals surface area contributed by atoms with Crippen LogP contribution in [-0.2, 0) is 0 Å². The maximum absolute atomic E-state index is 5.64. The van der Waals surface area contributed by atoms with Gasteiger partial charge >= 0.3 is 0 Å². The molecule has 5 heteroatoms. The average Bonchev–Trinajstić information content (AvgIpc) is 2.32. The molecule has 0 aliphatic heterocycles. The van der Waals surface area contributed by atoms with Crippen LogP contribution in [0.2, 0.25) is 0 Å². The van der Waals surface area contributed by atoms with Crippen LogP contribution in [0, 0.1) is 6.92 Å². The number of aryl methyl sites for hydroxylation is 1. The first kappa shape index (κ1) is 13.7. The van der Waals surface area contributed by atoms with E-state index in [1.165, 1.54) is 0 Å². The molecule has 0 bridgehead atoms. The largest absolute Gasteiger partial charge is 0.478 e. The van der Waals surface area contributed by atoms with E-state index < -0.39 is 0 Å². The highest BCUT2D eigenvalue weighted by Gasteiger charge is 2.07. The molecule has 0 fully saturated rings. The highest BCUT2D eigenvalue weighted by molar-refractivity contribution is 5.31. The quantitative estimate of drug-likeness (QED) is 0.756. The van der Waals surface area contributed by atoms with Crippen molar-refractivity contribution in [1.29, 1.82) is 0 Å². The minimum Gasteiger partial charge on any atom is -0.478 e. The third-order valence-corrected chi connectivity index (χ3v) is 2.40. The van der Waals surface area contributed by atoms with Crippen molar-refractivity contribution in [2.75, 3.05) is 18.5 Å². The van der Waals surface area contributed by atoms with Gasteiger partial charge in [-0.3, -0.25) is 0 Å². The molecule has 0 aliphatic carbocycles. The van der Waals surface area contributed by atoms with Crippen LogP contribution >= 0.6 is 0 Å². The van der Waals surface area contributed by atoms with E-state index in [4.69, 9.17) is 10.5 Å². The number of rotatable bonds is 7. The molecule has 1 aromatic heterocycles. The Hall–Kier alpha value is -1.36. The third-order valence-electron chi connectivity index (χ3n) is 2.40. The predicted octanol–water partition coefficient (Wildman–Crippen LogP) is 1.72. The van der Waals surface area contributed by atoms with Gasteiger partial charge in [0.05, 0.1) is 6.61 Å². The van der Waals surface area contributed by atoms with Crippen molar-refractivity contribution >= 4 is 5.95 Å². The highest BCUT2D eigenvalue weighted by atomic mass is 16.5. The maximum atomic E-state index is 5.64. The topological polar surface area (TPSA) is 73.1 Å². The van der Waals surface area contributed by atoms with Crippen molar-refractivity contribution in [3.63, 3.8) is 0 Å². The summed E-state index contributed by atoms with van der Waals surface area (Å²) in [7, 11) is 0. The number of nitrogens with zero attached hydrogens (tertiary/aromatic N) is 2. The van der Waals surface area contributed by atoms with Crippen LogP contribution in [0.15, 0.2) is 6.07 Å². The second-order valence-corrected chi connectivity index (χ2v) is 4.00. The van der Waals surface area contributed by atoms with Crippen LogP contribution in [-0.4, -0.2) is 29.2 Å². The van der Waals surface area contributed by atoms with E-state index >= 15 is 0 Å². The van der Waals surface area contributed by atoms with Gasteiger partial charge in [-0.2, -0.15) is 4.98 Å². The van der Waals surface area contributed by atoms with Gasteiger partial charge < -0.3 is 15.8 Å². The van der Waals surface area contributed by atoms with Crippen LogP contribution in [0.25, 0.3) is 0 Å². The van der Waals surface area contributed by atoms with Gasteiger partial charge in [0.15, 0.2) is 0 Å². The SMILES string of the molecule is CCCOc1cc(C)nc(NC(CC)CN)n1. The van der Waals surface area contributed by atoms with Crippen molar-refractivity contribution in [3.8, 4) is 5.88 Å². The highest BCUT2D eigenvalue weighted by Crippen LogP contribution is 2.13. The van der Waals surface area contributed by atoms with Crippen LogP contribution in [0.1, 0.15) is 32.4 Å². The first-order chi connectivity index (χ1) is 8.19. The van der Waals surface area contributed by atoms with Gasteiger partial charge in [-0.05, 0) is 19.8 Å². The van der Waals surface area contributed by atoms with Gasteiger partial charge in [0.25, 0.3) is 0 Å². The number of anilines is 1. The summed E-state index contributed by atoms with van der Waals surface area (Å²) in [6.07, 6.45) is 1.91. The lowest BCUT2D eigenvalue weighted by molar-refractivity contribution is 0.305. The number of hydrogen-bond acceptors (Lipinski definition) is 5. The Morgan fingerprint density at radius 3 is 2.76 bits per heavy atom. The second kappa shape index (κ2) is 7.06. The summed E-state index contributed by atoms with van der Waals surface area (Å²) < 4.78 is 5.50. The molecule has 0 spiro atoms. The molecule has 0 aromatic carbocycles. The minimum atomic E-state index is 0.204. The average molecular weight is 238 g/mol. The van der Waals surface area contributed by atoms with Crippen molar-refractivity contribution in [3.05, 3.63) is 11.8 Å². The molecule has 1 aromatic rings. The summed E-state index contributed by atoms with van der Waals surface area (Å²) in [4.78, 5) is 8.63. The lowest BCUT2D eigenvalue weighted by atomic mass is 10.2. The van der Waals surface area contributed by atoms with E-state index in [1.54, 1.807) is 0 Å². The molecule has 1 heterocycles. The normalized spacial score (nSPS) is 12.2. The predicted molar refractivity (Wildman–Crippen MR) is 69.3 cm³/mol. The fourth-order valence-corrected chi connectivity index (χ4v) is 1.40. The molecule has 0 amide bonds. The number of nitrogens with two attached hydrogens (primary N) is 1. The number of nitrogens with one attached hydrogen (secondary N) is 1. The molecule has 0 saturated carbocycles. The summed E-state index contributed by atoms with van der Waals surface area (Å²) in [6, 6.07) is 2.04. The van der Waals surface area contributed by atoms with Crippen molar-refractivity contribution in [2.45, 2.75) is 39.7 Å². The van der Waals surface area contributed by atoms with Crippen molar-refractivity contribution in [2.24, 2.45) is 5.73 Å². The molecule has 17 heavy (non-hydrogen) atoms. The molecule has 0 aliphatic rings. The summed E-state index contributed by atoms with van der Waals surface area (Å²) in [5, 5.41) is 3.21. The Kier molecular flexibility index (Phi) is 5.69. The molecular formula is C12H22N4O. The molecule has 1 rings (SSSR count). The molecule has 96 valence electrons. The molecular weight excluding hydrogens is 216 g/mol. The minimum absolute atomic E-state index is 0.204. The van der Waals surface area contributed by atoms with Crippen molar-refractivity contribution < 1.29 is 4.74 Å². The zero-order valence-corrected chi connectivity index (χ0v) is 10.9. The second-order valence-electron chi connectivity index (χ2n) is 4.00. The smallest absolute Gasteiger partial charge is 0.226 e. The Bertz CT molecular complexity index is 339. The molecule has 3 N–H and O–H groups in total. The molecule has 0 radical (unpaired) electrons. The summed E-state index contributed by atoms with van der Waals surface area (Å²) in [5.74, 6) is 1.21. The summed E-state index contributed by atoms with van der Waals surface area (Å²) in [5.41, 5.74) is 6.53. The lowest BCUT2D eigenvalue weighted by Gasteiger charge is -2.15. The molecule has 0 saturated heterocycles. The first-order valence-electron chi connectivity index (χ1n) is 6.14. The maximum Gasteiger partial charge on any atom is 0.226 e. The van der Waals surface area contributed by atoms with Gasteiger partial charge in [-0.25, -0.2) is 4.98 Å². The van der Waals surface area contributed by atoms with E-state index in [2.05, 4.69) is 29.1 Å². The fraction of sp³-hybridized carbons (Fsp3) is 0.667. The molecule has 1 atom stereocenters. The number of hydrogen-bond donors (Lipinski definition) is 2. The van der Waals surface area contributed by atoms with Gasteiger partial charge in [-0.1, -0.05) is 13.8 Å². The lowest BCUT2D eigenvalue weighted by Crippen LogP contribution is -2.29. The van der Waals surface area contributed by atoms with Crippen LogP contribution in [0.5, 0.6) is 5.88 Å². The van der Waals surface area contributed by atoms with Gasteiger partial charge in [-0.15, -0.1) is 0 Å². The number of ether oxygens (including phenoxy) is 1. The zero-order chi connectivity index (χ0) is 12.7. The Morgan fingerprint density at radius 1 is 1.41 bits per heavy atom. The molecule has 1 unspecified atom stereocenters.